The average Bonchev–Trinajstić information content (AvgIpc) is 2.27. The lowest BCUT2D eigenvalue weighted by Crippen LogP contribution is -2.25. The van der Waals surface area contributed by atoms with E-state index in [9.17, 15) is 9.18 Å². The van der Waals surface area contributed by atoms with E-state index in [1.807, 2.05) is 0 Å². The molecule has 0 fully saturated rings. The standard InChI is InChI=1S/C12H11ClFNO/c1-2-3-4-7-15-12(16)10-8-9(13)5-6-11(10)14/h1,5-6,8H,3-4,7H2,(H,15,16). The molecular weight excluding hydrogens is 229 g/mol. The second-order valence-corrected chi connectivity index (χ2v) is 3.62. The van der Waals surface area contributed by atoms with Crippen LogP contribution in [0.1, 0.15) is 23.2 Å². The largest absolute Gasteiger partial charge is 0.352 e. The molecule has 1 amide bonds. The van der Waals surface area contributed by atoms with Crippen LogP contribution >= 0.6 is 11.6 Å². The molecule has 84 valence electrons. The van der Waals surface area contributed by atoms with E-state index >= 15 is 0 Å². The summed E-state index contributed by atoms with van der Waals surface area (Å²) < 4.78 is 13.2. The number of hydrogen-bond acceptors (Lipinski definition) is 1. The summed E-state index contributed by atoms with van der Waals surface area (Å²) in [7, 11) is 0. The second-order valence-electron chi connectivity index (χ2n) is 3.19. The first-order valence-electron chi connectivity index (χ1n) is 4.82. The number of carbonyl (C=O) groups is 1. The van der Waals surface area contributed by atoms with Crippen LogP contribution in [0.5, 0.6) is 0 Å². The average molecular weight is 240 g/mol. The molecule has 0 atom stereocenters. The summed E-state index contributed by atoms with van der Waals surface area (Å²) in [5.41, 5.74) is -0.0480. The van der Waals surface area contributed by atoms with Gasteiger partial charge < -0.3 is 5.32 Å². The van der Waals surface area contributed by atoms with E-state index in [1.165, 1.54) is 18.2 Å². The Morgan fingerprint density at radius 1 is 1.56 bits per heavy atom. The molecule has 0 bridgehead atoms. The third-order valence-electron chi connectivity index (χ3n) is 1.96. The third-order valence-corrected chi connectivity index (χ3v) is 2.19. The molecule has 0 spiro atoms. The maximum absolute atomic E-state index is 13.2. The third kappa shape index (κ3) is 3.56. The van der Waals surface area contributed by atoms with Crippen molar-refractivity contribution < 1.29 is 9.18 Å². The summed E-state index contributed by atoms with van der Waals surface area (Å²) in [5.74, 6) is 1.40. The second kappa shape index (κ2) is 6.14. The molecule has 4 heteroatoms. The van der Waals surface area contributed by atoms with Gasteiger partial charge in [-0.3, -0.25) is 4.79 Å². The van der Waals surface area contributed by atoms with E-state index in [1.54, 1.807) is 0 Å². The Morgan fingerprint density at radius 2 is 2.31 bits per heavy atom. The Morgan fingerprint density at radius 3 is 3.00 bits per heavy atom. The molecule has 0 radical (unpaired) electrons. The van der Waals surface area contributed by atoms with Crippen molar-refractivity contribution in [1.29, 1.82) is 0 Å². The predicted molar refractivity (Wildman–Crippen MR) is 61.8 cm³/mol. The van der Waals surface area contributed by atoms with Crippen molar-refractivity contribution in [2.45, 2.75) is 12.8 Å². The lowest BCUT2D eigenvalue weighted by Gasteiger charge is -2.05. The van der Waals surface area contributed by atoms with Gasteiger partial charge in [0.25, 0.3) is 5.91 Å². The quantitative estimate of drug-likeness (QED) is 0.635. The number of halogens is 2. The van der Waals surface area contributed by atoms with E-state index in [4.69, 9.17) is 18.0 Å². The first-order valence-corrected chi connectivity index (χ1v) is 5.19. The van der Waals surface area contributed by atoms with Crippen molar-refractivity contribution >= 4 is 17.5 Å². The number of terminal acetylenes is 1. The van der Waals surface area contributed by atoms with Gasteiger partial charge in [-0.05, 0) is 24.6 Å². The topological polar surface area (TPSA) is 29.1 Å². The van der Waals surface area contributed by atoms with Crippen molar-refractivity contribution in [3.63, 3.8) is 0 Å². The summed E-state index contributed by atoms with van der Waals surface area (Å²) in [6.07, 6.45) is 6.31. The van der Waals surface area contributed by atoms with Gasteiger partial charge >= 0.3 is 0 Å². The molecule has 0 aromatic heterocycles. The Kier molecular flexibility index (Phi) is 4.81. The highest BCUT2D eigenvalue weighted by Crippen LogP contribution is 2.14. The van der Waals surface area contributed by atoms with E-state index in [2.05, 4.69) is 11.2 Å². The van der Waals surface area contributed by atoms with Crippen LogP contribution in [0.4, 0.5) is 4.39 Å². The van der Waals surface area contributed by atoms with Crippen molar-refractivity contribution in [2.75, 3.05) is 6.54 Å². The number of hydrogen-bond donors (Lipinski definition) is 1. The minimum atomic E-state index is -0.584. The molecule has 2 nitrogen and oxygen atoms in total. The van der Waals surface area contributed by atoms with Gasteiger partial charge in [0.05, 0.1) is 5.56 Å². The highest BCUT2D eigenvalue weighted by Gasteiger charge is 2.11. The van der Waals surface area contributed by atoms with E-state index in [0.717, 1.165) is 0 Å². The maximum atomic E-state index is 13.2. The first kappa shape index (κ1) is 12.5. The van der Waals surface area contributed by atoms with Crippen LogP contribution in [0.15, 0.2) is 18.2 Å². The number of unbranched alkanes of at least 4 members (excludes halogenated alkanes) is 1. The van der Waals surface area contributed by atoms with Crippen LogP contribution in [-0.2, 0) is 0 Å². The molecule has 0 saturated heterocycles. The van der Waals surface area contributed by atoms with Crippen LogP contribution in [0.2, 0.25) is 5.02 Å². The Labute approximate surface area is 98.8 Å². The van der Waals surface area contributed by atoms with Gasteiger partial charge in [0, 0.05) is 18.0 Å². The van der Waals surface area contributed by atoms with Crippen LogP contribution in [0, 0.1) is 18.2 Å². The summed E-state index contributed by atoms with van der Waals surface area (Å²) in [6.45, 7) is 0.426. The first-order chi connectivity index (χ1) is 7.65. The Bertz CT molecular complexity index is 426. The van der Waals surface area contributed by atoms with Gasteiger partial charge in [-0.2, -0.15) is 0 Å². The van der Waals surface area contributed by atoms with Gasteiger partial charge in [-0.1, -0.05) is 11.6 Å². The molecule has 0 aliphatic heterocycles. The fourth-order valence-corrected chi connectivity index (χ4v) is 1.33. The minimum Gasteiger partial charge on any atom is -0.352 e. The highest BCUT2D eigenvalue weighted by atomic mass is 35.5. The summed E-state index contributed by atoms with van der Waals surface area (Å²) in [6, 6.07) is 3.86. The zero-order valence-corrected chi connectivity index (χ0v) is 9.35. The summed E-state index contributed by atoms with van der Waals surface area (Å²) in [4.78, 5) is 11.5. The zero-order chi connectivity index (χ0) is 12.0. The smallest absolute Gasteiger partial charge is 0.254 e. The fourth-order valence-electron chi connectivity index (χ4n) is 1.16. The van der Waals surface area contributed by atoms with Gasteiger partial charge in [0.2, 0.25) is 0 Å². The van der Waals surface area contributed by atoms with Crippen molar-refractivity contribution in [3.8, 4) is 12.3 Å². The molecule has 0 saturated carbocycles. The predicted octanol–water partition coefficient (Wildman–Crippen LogP) is 2.62. The van der Waals surface area contributed by atoms with Crippen molar-refractivity contribution in [2.24, 2.45) is 0 Å². The molecule has 0 aliphatic rings. The van der Waals surface area contributed by atoms with Gasteiger partial charge in [0.1, 0.15) is 5.82 Å². The number of benzene rings is 1. The Balaban J connectivity index is 2.59. The van der Waals surface area contributed by atoms with E-state index in [0.29, 0.717) is 24.4 Å². The fraction of sp³-hybridized carbons (Fsp3) is 0.250. The number of nitrogens with one attached hydrogen (secondary N) is 1. The normalized spacial score (nSPS) is 9.56. The molecule has 0 aliphatic carbocycles. The van der Waals surface area contributed by atoms with Crippen LogP contribution in [-0.4, -0.2) is 12.5 Å². The molecule has 1 aromatic rings. The molecule has 1 rings (SSSR count). The molecule has 0 unspecified atom stereocenters. The molecular formula is C12H11ClFNO. The van der Waals surface area contributed by atoms with Crippen LogP contribution < -0.4 is 5.32 Å². The van der Waals surface area contributed by atoms with Crippen molar-refractivity contribution in [3.05, 3.63) is 34.6 Å². The lowest BCUT2D eigenvalue weighted by molar-refractivity contribution is 0.0949. The van der Waals surface area contributed by atoms with Gasteiger partial charge in [0.15, 0.2) is 0 Å². The number of rotatable bonds is 4. The van der Waals surface area contributed by atoms with Crippen molar-refractivity contribution in [1.82, 2.24) is 5.32 Å². The SMILES string of the molecule is C#CCCCNC(=O)c1cc(Cl)ccc1F. The van der Waals surface area contributed by atoms with Gasteiger partial charge in [-0.15, -0.1) is 12.3 Å². The number of amides is 1. The number of carbonyl (C=O) groups excluding carboxylic acids is 1. The summed E-state index contributed by atoms with van der Waals surface area (Å²) in [5, 5.41) is 2.90. The van der Waals surface area contributed by atoms with Crippen LogP contribution in [0.3, 0.4) is 0 Å². The minimum absolute atomic E-state index is 0.0480. The van der Waals surface area contributed by atoms with E-state index < -0.39 is 11.7 Å². The van der Waals surface area contributed by atoms with Gasteiger partial charge in [-0.25, -0.2) is 4.39 Å². The monoisotopic (exact) mass is 239 g/mol. The molecule has 1 N–H and O–H groups in total. The summed E-state index contributed by atoms with van der Waals surface area (Å²) >= 11 is 5.67. The maximum Gasteiger partial charge on any atom is 0.254 e. The van der Waals surface area contributed by atoms with E-state index in [-0.39, 0.29) is 5.56 Å². The highest BCUT2D eigenvalue weighted by molar-refractivity contribution is 6.30. The Hall–Kier alpha value is -1.53. The molecule has 0 heterocycles. The zero-order valence-electron chi connectivity index (χ0n) is 8.59. The lowest BCUT2D eigenvalue weighted by atomic mass is 10.2. The van der Waals surface area contributed by atoms with Crippen LogP contribution in [0.25, 0.3) is 0 Å². The molecule has 16 heavy (non-hydrogen) atoms. The molecule has 1 aromatic carbocycles.